The van der Waals surface area contributed by atoms with E-state index < -0.39 is 46.6 Å². The molecule has 1 aliphatic rings. The maximum absolute atomic E-state index is 13.0. The Balaban J connectivity index is 1.93. The summed E-state index contributed by atoms with van der Waals surface area (Å²) in [5, 5.41) is 5.19. The molecule has 0 atom stereocenters. The van der Waals surface area contributed by atoms with Gasteiger partial charge in [-0.2, -0.15) is 26.3 Å². The molecule has 1 aromatic carbocycles. The number of alkyl halides is 6. The van der Waals surface area contributed by atoms with Gasteiger partial charge in [0, 0.05) is 18.2 Å². The van der Waals surface area contributed by atoms with Crippen molar-refractivity contribution in [2.75, 3.05) is 6.54 Å². The van der Waals surface area contributed by atoms with Crippen molar-refractivity contribution in [1.29, 1.82) is 0 Å². The lowest BCUT2D eigenvalue weighted by atomic mass is 9.86. The molecule has 0 heterocycles. The molecule has 5 nitrogen and oxygen atoms in total. The van der Waals surface area contributed by atoms with Crippen LogP contribution in [0.2, 0.25) is 0 Å². The summed E-state index contributed by atoms with van der Waals surface area (Å²) in [6.45, 7) is 5.34. The van der Waals surface area contributed by atoms with Crippen LogP contribution < -0.4 is 10.6 Å². The van der Waals surface area contributed by atoms with E-state index in [0.717, 1.165) is 0 Å². The van der Waals surface area contributed by atoms with Gasteiger partial charge in [0.05, 0.1) is 11.1 Å². The Hall–Kier alpha value is -2.46. The number of carbonyl (C=O) groups is 2. The van der Waals surface area contributed by atoms with Crippen molar-refractivity contribution in [3.05, 3.63) is 34.9 Å². The summed E-state index contributed by atoms with van der Waals surface area (Å²) in [6, 6.07) is 0.698. The van der Waals surface area contributed by atoms with Crippen LogP contribution in [-0.4, -0.2) is 30.2 Å². The smallest absolute Gasteiger partial charge is 0.416 e. The summed E-state index contributed by atoms with van der Waals surface area (Å²) in [4.78, 5) is 24.1. The standard InChI is InChI=1S/C21H26F6N2O3/c1-19(2,3)32-18(31)29-16-6-4-12(5-7-16)11-28-17(30)13-8-14(20(22,23)24)10-15(9-13)21(25,26)27/h8-10,12,16H,4-7,11H2,1-3H3,(H,28,30)(H,29,31). The van der Waals surface area contributed by atoms with Gasteiger partial charge in [-0.15, -0.1) is 0 Å². The van der Waals surface area contributed by atoms with Gasteiger partial charge in [-0.3, -0.25) is 4.79 Å². The molecule has 11 heteroatoms. The minimum Gasteiger partial charge on any atom is -0.444 e. The molecule has 1 fully saturated rings. The molecule has 32 heavy (non-hydrogen) atoms. The maximum atomic E-state index is 13.0. The zero-order valence-electron chi connectivity index (χ0n) is 17.9. The summed E-state index contributed by atoms with van der Waals surface area (Å²) < 4.78 is 82.9. The van der Waals surface area contributed by atoms with E-state index in [1.165, 1.54) is 0 Å². The van der Waals surface area contributed by atoms with Crippen molar-refractivity contribution in [3.63, 3.8) is 0 Å². The number of halogens is 6. The van der Waals surface area contributed by atoms with Crippen molar-refractivity contribution in [3.8, 4) is 0 Å². The van der Waals surface area contributed by atoms with Gasteiger partial charge in [0.1, 0.15) is 5.60 Å². The number of rotatable bonds is 4. The molecule has 0 saturated heterocycles. The minimum absolute atomic E-state index is 0.0106. The van der Waals surface area contributed by atoms with Crippen LogP contribution in [0.3, 0.4) is 0 Å². The summed E-state index contributed by atoms with van der Waals surface area (Å²) in [5.41, 5.74) is -4.40. The number of hydrogen-bond acceptors (Lipinski definition) is 3. The zero-order valence-corrected chi connectivity index (χ0v) is 17.9. The zero-order chi connectivity index (χ0) is 24.3. The first kappa shape index (κ1) is 25.8. The summed E-state index contributed by atoms with van der Waals surface area (Å²) in [6.07, 6.45) is -8.09. The maximum Gasteiger partial charge on any atom is 0.416 e. The van der Waals surface area contributed by atoms with Crippen molar-refractivity contribution >= 4 is 12.0 Å². The van der Waals surface area contributed by atoms with Crippen LogP contribution in [0.1, 0.15) is 67.9 Å². The number of benzene rings is 1. The number of carbonyl (C=O) groups excluding carboxylic acids is 2. The van der Waals surface area contributed by atoms with E-state index in [2.05, 4.69) is 10.6 Å². The summed E-state index contributed by atoms with van der Waals surface area (Å²) in [5.74, 6) is -1.01. The largest absolute Gasteiger partial charge is 0.444 e. The molecule has 0 aromatic heterocycles. The molecular formula is C21H26F6N2O3. The third-order valence-electron chi connectivity index (χ3n) is 4.97. The second-order valence-electron chi connectivity index (χ2n) is 8.87. The van der Waals surface area contributed by atoms with Crippen LogP contribution in [0.5, 0.6) is 0 Å². The Labute approximate surface area is 181 Å². The third-order valence-corrected chi connectivity index (χ3v) is 4.97. The second kappa shape index (κ2) is 9.58. The SMILES string of the molecule is CC(C)(C)OC(=O)NC1CCC(CNC(=O)c2cc(C(F)(F)F)cc(C(F)(F)F)c2)CC1. The fraction of sp³-hybridized carbons (Fsp3) is 0.619. The summed E-state index contributed by atoms with van der Waals surface area (Å²) >= 11 is 0. The van der Waals surface area contributed by atoms with Crippen LogP contribution >= 0.6 is 0 Å². The first-order valence-corrected chi connectivity index (χ1v) is 10.1. The molecule has 1 aromatic rings. The average Bonchev–Trinajstić information content (AvgIpc) is 2.64. The van der Waals surface area contributed by atoms with Gasteiger partial charge in [-0.25, -0.2) is 4.79 Å². The number of alkyl carbamates (subject to hydrolysis) is 1. The van der Waals surface area contributed by atoms with Crippen molar-refractivity contribution in [2.24, 2.45) is 5.92 Å². The van der Waals surface area contributed by atoms with E-state index in [0.29, 0.717) is 37.8 Å². The van der Waals surface area contributed by atoms with E-state index >= 15 is 0 Å². The molecule has 0 spiro atoms. The van der Waals surface area contributed by atoms with Crippen LogP contribution in [0.4, 0.5) is 31.1 Å². The lowest BCUT2D eigenvalue weighted by Crippen LogP contribution is -2.42. The van der Waals surface area contributed by atoms with Crippen molar-refractivity contribution in [1.82, 2.24) is 10.6 Å². The van der Waals surface area contributed by atoms with Crippen molar-refractivity contribution in [2.45, 2.75) is 70.4 Å². The van der Waals surface area contributed by atoms with Gasteiger partial charge >= 0.3 is 18.4 Å². The quantitative estimate of drug-likeness (QED) is 0.571. The molecular weight excluding hydrogens is 442 g/mol. The normalized spacial score (nSPS) is 19.9. The van der Waals surface area contributed by atoms with Gasteiger partial charge in [0.15, 0.2) is 0 Å². The number of amides is 2. The highest BCUT2D eigenvalue weighted by Crippen LogP contribution is 2.36. The highest BCUT2D eigenvalue weighted by molar-refractivity contribution is 5.94. The van der Waals surface area contributed by atoms with Gasteiger partial charge in [0.25, 0.3) is 5.91 Å². The Bertz CT molecular complexity index is 790. The van der Waals surface area contributed by atoms with Gasteiger partial charge in [-0.05, 0) is 70.6 Å². The van der Waals surface area contributed by atoms with Crippen LogP contribution in [0.15, 0.2) is 18.2 Å². The van der Waals surface area contributed by atoms with Gasteiger partial charge in [-0.1, -0.05) is 0 Å². The Kier molecular flexibility index (Phi) is 7.72. The predicted molar refractivity (Wildman–Crippen MR) is 104 cm³/mol. The molecule has 180 valence electrons. The Morgan fingerprint density at radius 2 is 1.41 bits per heavy atom. The van der Waals surface area contributed by atoms with E-state index in [1.807, 2.05) is 0 Å². The van der Waals surface area contributed by atoms with E-state index in [4.69, 9.17) is 4.74 Å². The molecule has 2 rings (SSSR count). The minimum atomic E-state index is -5.02. The molecule has 1 aliphatic carbocycles. The van der Waals surface area contributed by atoms with Gasteiger partial charge in [0.2, 0.25) is 0 Å². The van der Waals surface area contributed by atoms with Crippen LogP contribution in [0.25, 0.3) is 0 Å². The van der Waals surface area contributed by atoms with E-state index in [9.17, 15) is 35.9 Å². The van der Waals surface area contributed by atoms with Crippen molar-refractivity contribution < 1.29 is 40.7 Å². The molecule has 2 N–H and O–H groups in total. The Morgan fingerprint density at radius 3 is 1.84 bits per heavy atom. The average molecular weight is 468 g/mol. The van der Waals surface area contributed by atoms with E-state index in [-0.39, 0.29) is 24.6 Å². The second-order valence-corrected chi connectivity index (χ2v) is 8.87. The molecule has 2 amide bonds. The molecule has 1 saturated carbocycles. The van der Waals surface area contributed by atoms with E-state index in [1.54, 1.807) is 20.8 Å². The highest BCUT2D eigenvalue weighted by Gasteiger charge is 2.37. The topological polar surface area (TPSA) is 67.4 Å². The highest BCUT2D eigenvalue weighted by atomic mass is 19.4. The van der Waals surface area contributed by atoms with Gasteiger partial charge < -0.3 is 15.4 Å². The summed E-state index contributed by atoms with van der Waals surface area (Å²) in [7, 11) is 0. The number of ether oxygens (including phenoxy) is 1. The fourth-order valence-corrected chi connectivity index (χ4v) is 3.41. The molecule has 0 bridgehead atoms. The fourth-order valence-electron chi connectivity index (χ4n) is 3.41. The third kappa shape index (κ3) is 7.90. The first-order valence-electron chi connectivity index (χ1n) is 10.1. The number of hydrogen-bond donors (Lipinski definition) is 2. The van der Waals surface area contributed by atoms with Crippen LogP contribution in [-0.2, 0) is 17.1 Å². The Morgan fingerprint density at radius 1 is 0.906 bits per heavy atom. The monoisotopic (exact) mass is 468 g/mol. The lowest BCUT2D eigenvalue weighted by molar-refractivity contribution is -0.143. The number of nitrogens with one attached hydrogen (secondary N) is 2. The predicted octanol–water partition coefficient (Wildman–Crippen LogP) is 5.54. The lowest BCUT2D eigenvalue weighted by Gasteiger charge is -2.30. The molecule has 0 aliphatic heterocycles. The molecule has 0 unspecified atom stereocenters. The van der Waals surface area contributed by atoms with Crippen LogP contribution in [0, 0.1) is 5.92 Å². The first-order chi connectivity index (χ1) is 14.5. The molecule has 0 radical (unpaired) electrons.